The third-order valence-corrected chi connectivity index (χ3v) is 3.68. The molecule has 3 N–H and O–H groups in total. The van der Waals surface area contributed by atoms with Gasteiger partial charge in [-0.05, 0) is 25.8 Å². The Morgan fingerprint density at radius 3 is 2.29 bits per heavy atom. The molecule has 7 heteroatoms. The van der Waals surface area contributed by atoms with Crippen molar-refractivity contribution in [2.75, 3.05) is 6.54 Å². The van der Waals surface area contributed by atoms with E-state index in [0.29, 0.717) is 5.56 Å². The lowest BCUT2D eigenvalue weighted by Crippen LogP contribution is -2.48. The van der Waals surface area contributed by atoms with Crippen molar-refractivity contribution in [3.8, 4) is 0 Å². The van der Waals surface area contributed by atoms with E-state index in [9.17, 15) is 14.0 Å². The third-order valence-electron chi connectivity index (χ3n) is 3.68. The summed E-state index contributed by atoms with van der Waals surface area (Å²) in [5, 5.41) is 2.55. The Hall–Kier alpha value is -1.66. The summed E-state index contributed by atoms with van der Waals surface area (Å²) in [5.41, 5.74) is 6.18. The largest absolute Gasteiger partial charge is 0.346 e. The van der Waals surface area contributed by atoms with E-state index < -0.39 is 6.04 Å². The highest BCUT2D eigenvalue weighted by Crippen LogP contribution is 2.12. The third kappa shape index (κ3) is 6.45. The number of amides is 2. The van der Waals surface area contributed by atoms with Crippen molar-refractivity contribution in [2.45, 2.75) is 46.3 Å². The van der Waals surface area contributed by atoms with Crippen molar-refractivity contribution in [2.24, 2.45) is 11.7 Å². The molecule has 1 atom stereocenters. The first-order chi connectivity index (χ1) is 10.7. The summed E-state index contributed by atoms with van der Waals surface area (Å²) in [6.45, 7) is 7.39. The Balaban J connectivity index is 0.00000529. The number of nitrogens with two attached hydrogens (primary N) is 1. The number of nitrogens with zero attached hydrogens (tertiary/aromatic N) is 1. The molecule has 1 aromatic rings. The van der Waals surface area contributed by atoms with E-state index in [1.807, 2.05) is 27.7 Å². The van der Waals surface area contributed by atoms with Gasteiger partial charge in [-0.3, -0.25) is 9.59 Å². The predicted octanol–water partition coefficient (Wildman–Crippen LogP) is 2.08. The Morgan fingerprint density at radius 1 is 1.21 bits per heavy atom. The lowest BCUT2D eigenvalue weighted by molar-refractivity contribution is -0.135. The van der Waals surface area contributed by atoms with E-state index in [1.165, 1.54) is 11.0 Å². The highest BCUT2D eigenvalue weighted by Gasteiger charge is 2.22. The predicted molar refractivity (Wildman–Crippen MR) is 95.2 cm³/mol. The molecule has 0 saturated carbocycles. The van der Waals surface area contributed by atoms with Gasteiger partial charge >= 0.3 is 0 Å². The van der Waals surface area contributed by atoms with Crippen LogP contribution in [0.15, 0.2) is 24.3 Å². The molecule has 0 aromatic heterocycles. The number of rotatable bonds is 7. The van der Waals surface area contributed by atoms with Crippen molar-refractivity contribution in [1.82, 2.24) is 10.2 Å². The van der Waals surface area contributed by atoms with E-state index in [-0.39, 0.29) is 55.1 Å². The molecule has 0 unspecified atom stereocenters. The van der Waals surface area contributed by atoms with Gasteiger partial charge in [-0.15, -0.1) is 12.4 Å². The van der Waals surface area contributed by atoms with Crippen LogP contribution in [-0.2, 0) is 16.1 Å². The molecule has 0 aliphatic carbocycles. The monoisotopic (exact) mass is 359 g/mol. The van der Waals surface area contributed by atoms with E-state index in [1.54, 1.807) is 18.2 Å². The first-order valence-electron chi connectivity index (χ1n) is 7.80. The maximum Gasteiger partial charge on any atom is 0.242 e. The lowest BCUT2D eigenvalue weighted by Gasteiger charge is -2.27. The summed E-state index contributed by atoms with van der Waals surface area (Å²) in [5.74, 6) is -0.989. The van der Waals surface area contributed by atoms with Crippen LogP contribution in [-0.4, -0.2) is 35.3 Å². The SMILES string of the molecule is CC(C)[C@H](N)C(=O)NCC(=O)N(Cc1ccccc1F)C(C)C.Cl. The number of hydrogen-bond donors (Lipinski definition) is 2. The van der Waals surface area contributed by atoms with Gasteiger partial charge in [-0.1, -0.05) is 32.0 Å². The number of hydrogen-bond acceptors (Lipinski definition) is 3. The molecular formula is C17H27ClFN3O2. The lowest BCUT2D eigenvalue weighted by atomic mass is 10.1. The van der Waals surface area contributed by atoms with Crippen LogP contribution in [0.5, 0.6) is 0 Å². The fourth-order valence-corrected chi connectivity index (χ4v) is 2.05. The van der Waals surface area contributed by atoms with Gasteiger partial charge in [0, 0.05) is 18.2 Å². The summed E-state index contributed by atoms with van der Waals surface area (Å²) in [6, 6.07) is 5.57. The molecule has 0 fully saturated rings. The quantitative estimate of drug-likeness (QED) is 0.782. The molecule has 0 saturated heterocycles. The van der Waals surface area contributed by atoms with Crippen molar-refractivity contribution in [3.63, 3.8) is 0 Å². The van der Waals surface area contributed by atoms with Crippen molar-refractivity contribution in [3.05, 3.63) is 35.6 Å². The molecule has 0 radical (unpaired) electrons. The fourth-order valence-electron chi connectivity index (χ4n) is 2.05. The average molecular weight is 360 g/mol. The molecule has 0 aliphatic heterocycles. The zero-order valence-corrected chi connectivity index (χ0v) is 15.4. The number of nitrogens with one attached hydrogen (secondary N) is 1. The summed E-state index contributed by atoms with van der Waals surface area (Å²) in [4.78, 5) is 25.7. The minimum absolute atomic E-state index is 0. The van der Waals surface area contributed by atoms with E-state index in [0.717, 1.165) is 0 Å². The molecule has 24 heavy (non-hydrogen) atoms. The molecule has 1 rings (SSSR count). The molecule has 0 spiro atoms. The maximum atomic E-state index is 13.8. The number of carbonyl (C=O) groups is 2. The second-order valence-electron chi connectivity index (χ2n) is 6.19. The van der Waals surface area contributed by atoms with E-state index in [2.05, 4.69) is 5.32 Å². The van der Waals surface area contributed by atoms with Crippen LogP contribution in [0.4, 0.5) is 4.39 Å². The van der Waals surface area contributed by atoms with Gasteiger partial charge in [-0.25, -0.2) is 4.39 Å². The zero-order valence-electron chi connectivity index (χ0n) is 14.6. The first kappa shape index (κ1) is 22.3. The molecule has 136 valence electrons. The van der Waals surface area contributed by atoms with Gasteiger partial charge in [0.05, 0.1) is 12.6 Å². The maximum absolute atomic E-state index is 13.8. The van der Waals surface area contributed by atoms with Gasteiger partial charge in [0.2, 0.25) is 11.8 Å². The Kier molecular flexibility index (Phi) is 9.55. The second kappa shape index (κ2) is 10.3. The Labute approximate surface area is 149 Å². The summed E-state index contributed by atoms with van der Waals surface area (Å²) < 4.78 is 13.8. The second-order valence-corrected chi connectivity index (χ2v) is 6.19. The van der Waals surface area contributed by atoms with Gasteiger partial charge < -0.3 is 16.0 Å². The van der Waals surface area contributed by atoms with Crippen molar-refractivity contribution >= 4 is 24.2 Å². The molecule has 0 bridgehead atoms. The minimum atomic E-state index is -0.651. The highest BCUT2D eigenvalue weighted by molar-refractivity contribution is 5.87. The summed E-state index contributed by atoms with van der Waals surface area (Å²) >= 11 is 0. The summed E-state index contributed by atoms with van der Waals surface area (Å²) in [7, 11) is 0. The average Bonchev–Trinajstić information content (AvgIpc) is 2.50. The van der Waals surface area contributed by atoms with Crippen LogP contribution in [0.1, 0.15) is 33.3 Å². The molecule has 0 aliphatic rings. The normalized spacial score (nSPS) is 11.8. The standard InChI is InChI=1S/C17H26FN3O2.ClH/c1-11(2)16(19)17(23)20-9-15(22)21(12(3)4)10-13-7-5-6-8-14(13)18;/h5-8,11-12,16H,9-10,19H2,1-4H3,(H,20,23);1H/t16-;/m0./s1. The molecular weight excluding hydrogens is 333 g/mol. The van der Waals surface area contributed by atoms with Crippen molar-refractivity contribution in [1.29, 1.82) is 0 Å². The Bertz CT molecular complexity index is 552. The van der Waals surface area contributed by atoms with Crippen LogP contribution in [0.2, 0.25) is 0 Å². The van der Waals surface area contributed by atoms with Crippen LogP contribution in [0.3, 0.4) is 0 Å². The Morgan fingerprint density at radius 2 is 1.79 bits per heavy atom. The number of halogens is 2. The smallest absolute Gasteiger partial charge is 0.242 e. The molecule has 0 heterocycles. The highest BCUT2D eigenvalue weighted by atomic mass is 35.5. The van der Waals surface area contributed by atoms with Crippen LogP contribution >= 0.6 is 12.4 Å². The van der Waals surface area contributed by atoms with Crippen molar-refractivity contribution < 1.29 is 14.0 Å². The first-order valence-corrected chi connectivity index (χ1v) is 7.80. The van der Waals surface area contributed by atoms with Gasteiger partial charge in [0.1, 0.15) is 5.82 Å². The fraction of sp³-hybridized carbons (Fsp3) is 0.529. The number of benzene rings is 1. The van der Waals surface area contributed by atoms with Crippen LogP contribution < -0.4 is 11.1 Å². The van der Waals surface area contributed by atoms with Crippen LogP contribution in [0, 0.1) is 11.7 Å². The molecule has 5 nitrogen and oxygen atoms in total. The van der Waals surface area contributed by atoms with Crippen LogP contribution in [0.25, 0.3) is 0 Å². The zero-order chi connectivity index (χ0) is 17.6. The molecule has 1 aromatic carbocycles. The van der Waals surface area contributed by atoms with Gasteiger partial charge in [-0.2, -0.15) is 0 Å². The van der Waals surface area contributed by atoms with Gasteiger partial charge in [0.15, 0.2) is 0 Å². The van der Waals surface area contributed by atoms with E-state index >= 15 is 0 Å². The van der Waals surface area contributed by atoms with Gasteiger partial charge in [0.25, 0.3) is 0 Å². The minimum Gasteiger partial charge on any atom is -0.346 e. The van der Waals surface area contributed by atoms with E-state index in [4.69, 9.17) is 5.73 Å². The topological polar surface area (TPSA) is 75.4 Å². The molecule has 2 amide bonds. The number of carbonyl (C=O) groups excluding carboxylic acids is 2. The summed E-state index contributed by atoms with van der Waals surface area (Å²) in [6.07, 6.45) is 0.